The number of morpholine rings is 1. The van der Waals surface area contributed by atoms with Crippen LogP contribution in [-0.2, 0) is 9.53 Å². The van der Waals surface area contributed by atoms with Gasteiger partial charge in [-0.25, -0.2) is 9.97 Å². The molecule has 1 fully saturated rings. The van der Waals surface area contributed by atoms with Gasteiger partial charge in [0.1, 0.15) is 5.82 Å². The zero-order chi connectivity index (χ0) is 22.5. The Morgan fingerprint density at radius 1 is 1.38 bits per heavy atom. The number of aliphatic hydroxyl groups is 1. The predicted octanol–water partition coefficient (Wildman–Crippen LogP) is 2.05. The smallest absolute Gasteiger partial charge is 0.244 e. The zero-order valence-corrected chi connectivity index (χ0v) is 18.7. The standard InChI is InChI=1S/C22H26N6O3S/c1-14(7-10-29)24-19(30)6-5-18-20(32)22(28-8-11-31-12-9-28)26-21(25-18)15-3-2-4-17-16(15)13-23-27-17/h2-6,13-14,29,32H,7-12H2,1H3,(H,23,27)(H,24,30)/b6-5+. The van der Waals surface area contributed by atoms with Crippen molar-refractivity contribution in [2.24, 2.45) is 0 Å². The van der Waals surface area contributed by atoms with E-state index in [1.54, 1.807) is 12.3 Å². The third-order valence-electron chi connectivity index (χ3n) is 5.27. The minimum atomic E-state index is -0.260. The highest BCUT2D eigenvalue weighted by molar-refractivity contribution is 7.80. The number of amides is 1. The van der Waals surface area contributed by atoms with E-state index in [1.165, 1.54) is 6.08 Å². The van der Waals surface area contributed by atoms with E-state index in [2.05, 4.69) is 20.4 Å². The lowest BCUT2D eigenvalue weighted by Gasteiger charge is -2.29. The topological polar surface area (TPSA) is 116 Å². The summed E-state index contributed by atoms with van der Waals surface area (Å²) >= 11 is 4.71. The van der Waals surface area contributed by atoms with Crippen LogP contribution in [0.2, 0.25) is 0 Å². The van der Waals surface area contributed by atoms with E-state index in [9.17, 15) is 4.79 Å². The van der Waals surface area contributed by atoms with Crippen molar-refractivity contribution in [2.75, 3.05) is 37.8 Å². The van der Waals surface area contributed by atoms with Gasteiger partial charge in [-0.05, 0) is 25.5 Å². The Hall–Kier alpha value is -2.95. The molecule has 1 saturated heterocycles. The molecule has 4 rings (SSSR count). The lowest BCUT2D eigenvalue weighted by Crippen LogP contribution is -2.37. The fraction of sp³-hybridized carbons (Fsp3) is 0.364. The molecular formula is C22H26N6O3S. The third-order valence-corrected chi connectivity index (χ3v) is 5.70. The highest BCUT2D eigenvalue weighted by Gasteiger charge is 2.20. The Bertz CT molecular complexity index is 1130. The van der Waals surface area contributed by atoms with E-state index < -0.39 is 0 Å². The molecule has 2 aromatic heterocycles. The number of aromatic nitrogens is 4. The zero-order valence-electron chi connectivity index (χ0n) is 17.8. The second kappa shape index (κ2) is 10.1. The van der Waals surface area contributed by atoms with Crippen molar-refractivity contribution in [3.05, 3.63) is 36.2 Å². The first-order valence-electron chi connectivity index (χ1n) is 10.5. The molecule has 3 heterocycles. The molecule has 10 heteroatoms. The number of fused-ring (bicyclic) bond motifs is 1. The molecule has 9 nitrogen and oxygen atoms in total. The van der Waals surface area contributed by atoms with Crippen LogP contribution in [0.5, 0.6) is 0 Å². The van der Waals surface area contributed by atoms with E-state index in [4.69, 9.17) is 32.4 Å². The lowest BCUT2D eigenvalue weighted by molar-refractivity contribution is -0.117. The summed E-state index contributed by atoms with van der Waals surface area (Å²) in [6, 6.07) is 5.69. The molecule has 1 aromatic carbocycles. The number of H-pyrrole nitrogens is 1. The van der Waals surface area contributed by atoms with Crippen LogP contribution >= 0.6 is 12.6 Å². The number of benzene rings is 1. The van der Waals surface area contributed by atoms with Gasteiger partial charge in [-0.15, -0.1) is 12.6 Å². The Kier molecular flexibility index (Phi) is 7.03. The second-order valence-electron chi connectivity index (χ2n) is 7.60. The van der Waals surface area contributed by atoms with Gasteiger partial charge >= 0.3 is 0 Å². The maximum Gasteiger partial charge on any atom is 0.244 e. The molecule has 32 heavy (non-hydrogen) atoms. The van der Waals surface area contributed by atoms with Crippen LogP contribution in [0.4, 0.5) is 5.82 Å². The van der Waals surface area contributed by atoms with Crippen LogP contribution in [0, 0.1) is 0 Å². The SMILES string of the molecule is CC(CCO)NC(=O)/C=C/c1nc(-c2cccc3[nH]ncc23)nc(N2CCOCC2)c1S. The quantitative estimate of drug-likeness (QED) is 0.319. The maximum atomic E-state index is 12.3. The van der Waals surface area contributed by atoms with Crippen molar-refractivity contribution in [1.29, 1.82) is 0 Å². The Labute approximate surface area is 191 Å². The van der Waals surface area contributed by atoms with Gasteiger partial charge in [-0.3, -0.25) is 9.89 Å². The van der Waals surface area contributed by atoms with Gasteiger partial charge in [0.15, 0.2) is 5.82 Å². The Morgan fingerprint density at radius 3 is 2.97 bits per heavy atom. The summed E-state index contributed by atoms with van der Waals surface area (Å²) in [6.45, 7) is 4.48. The van der Waals surface area contributed by atoms with Gasteiger partial charge in [0.2, 0.25) is 5.91 Å². The molecule has 0 radical (unpaired) electrons. The van der Waals surface area contributed by atoms with Crippen molar-refractivity contribution in [1.82, 2.24) is 25.5 Å². The second-order valence-corrected chi connectivity index (χ2v) is 8.04. The van der Waals surface area contributed by atoms with Crippen LogP contribution < -0.4 is 10.2 Å². The molecule has 0 bridgehead atoms. The normalized spacial score (nSPS) is 15.4. The summed E-state index contributed by atoms with van der Waals surface area (Å²) in [5.74, 6) is 0.976. The number of aromatic amines is 1. The third kappa shape index (κ3) is 4.93. The van der Waals surface area contributed by atoms with Gasteiger partial charge in [0.25, 0.3) is 0 Å². The number of aliphatic hydroxyl groups excluding tert-OH is 1. The number of carbonyl (C=O) groups is 1. The van der Waals surface area contributed by atoms with Gasteiger partial charge in [-0.2, -0.15) is 5.10 Å². The molecule has 0 saturated carbocycles. The molecular weight excluding hydrogens is 428 g/mol. The van der Waals surface area contributed by atoms with Crippen LogP contribution in [0.25, 0.3) is 28.4 Å². The largest absolute Gasteiger partial charge is 0.396 e. The maximum absolute atomic E-state index is 12.3. The van der Waals surface area contributed by atoms with Crippen molar-refractivity contribution in [3.63, 3.8) is 0 Å². The van der Waals surface area contributed by atoms with E-state index in [-0.39, 0.29) is 18.6 Å². The summed E-state index contributed by atoms with van der Waals surface area (Å²) in [6.07, 6.45) is 5.32. The first kappa shape index (κ1) is 22.3. The molecule has 3 N–H and O–H groups in total. The number of anilines is 1. The number of rotatable bonds is 7. The van der Waals surface area contributed by atoms with E-state index in [1.807, 2.05) is 25.1 Å². The number of hydrogen-bond donors (Lipinski definition) is 4. The number of thiol groups is 1. The van der Waals surface area contributed by atoms with Crippen molar-refractivity contribution < 1.29 is 14.6 Å². The monoisotopic (exact) mass is 454 g/mol. The number of nitrogens with one attached hydrogen (secondary N) is 2. The number of nitrogens with zero attached hydrogens (tertiary/aromatic N) is 4. The van der Waals surface area contributed by atoms with Gasteiger partial charge in [0, 0.05) is 42.8 Å². The first-order chi connectivity index (χ1) is 15.6. The average molecular weight is 455 g/mol. The van der Waals surface area contributed by atoms with Crippen molar-refractivity contribution in [3.8, 4) is 11.4 Å². The minimum Gasteiger partial charge on any atom is -0.396 e. The van der Waals surface area contributed by atoms with Crippen LogP contribution in [0.1, 0.15) is 19.0 Å². The fourth-order valence-electron chi connectivity index (χ4n) is 3.57. The average Bonchev–Trinajstić information content (AvgIpc) is 3.28. The number of ether oxygens (including phenoxy) is 1. The van der Waals surface area contributed by atoms with E-state index in [0.29, 0.717) is 55.0 Å². The van der Waals surface area contributed by atoms with Crippen molar-refractivity contribution in [2.45, 2.75) is 24.3 Å². The van der Waals surface area contributed by atoms with Gasteiger partial charge < -0.3 is 20.1 Å². The van der Waals surface area contributed by atoms with E-state index in [0.717, 1.165) is 16.5 Å². The highest BCUT2D eigenvalue weighted by Crippen LogP contribution is 2.32. The molecule has 1 atom stereocenters. The Morgan fingerprint density at radius 2 is 2.19 bits per heavy atom. The summed E-state index contributed by atoms with van der Waals surface area (Å²) in [7, 11) is 0. The summed E-state index contributed by atoms with van der Waals surface area (Å²) in [5.41, 5.74) is 2.28. The Balaban J connectivity index is 1.73. The van der Waals surface area contributed by atoms with E-state index >= 15 is 0 Å². The summed E-state index contributed by atoms with van der Waals surface area (Å²) < 4.78 is 5.48. The molecule has 0 aliphatic carbocycles. The molecule has 3 aromatic rings. The molecule has 168 valence electrons. The highest BCUT2D eigenvalue weighted by atomic mass is 32.1. The predicted molar refractivity (Wildman–Crippen MR) is 126 cm³/mol. The summed E-state index contributed by atoms with van der Waals surface area (Å²) in [4.78, 5) is 24.6. The molecule has 1 amide bonds. The van der Waals surface area contributed by atoms with Gasteiger partial charge in [-0.1, -0.05) is 12.1 Å². The molecule has 0 spiro atoms. The number of hydrogen-bond acceptors (Lipinski definition) is 8. The van der Waals surface area contributed by atoms with Crippen LogP contribution in [0.3, 0.4) is 0 Å². The van der Waals surface area contributed by atoms with Crippen LogP contribution in [0.15, 0.2) is 35.4 Å². The number of carbonyl (C=O) groups excluding carboxylic acids is 1. The van der Waals surface area contributed by atoms with Crippen molar-refractivity contribution >= 4 is 41.3 Å². The molecule has 1 unspecified atom stereocenters. The first-order valence-corrected chi connectivity index (χ1v) is 11.0. The minimum absolute atomic E-state index is 0.0175. The van der Waals surface area contributed by atoms with Gasteiger partial charge in [0.05, 0.1) is 35.5 Å². The molecule has 1 aliphatic rings. The molecule has 1 aliphatic heterocycles. The van der Waals surface area contributed by atoms with Crippen LogP contribution in [-0.4, -0.2) is 70.1 Å². The summed E-state index contributed by atoms with van der Waals surface area (Å²) in [5, 5.41) is 19.9. The fourth-order valence-corrected chi connectivity index (χ4v) is 3.88. The lowest BCUT2D eigenvalue weighted by atomic mass is 10.1.